The van der Waals surface area contributed by atoms with E-state index in [4.69, 9.17) is 14.3 Å². The molecule has 21 heavy (non-hydrogen) atoms. The molecule has 0 fully saturated rings. The standard InChI is InChI=1S/C15H20N2O4/c1-10(9-19-2)16-15(18)14-8-13(17-21-14)11-5-4-6-12(7-11)20-3/h4-7,10,14H,8-9H2,1-3H3,(H,16,18)/t10-,14-/m1/s1. The van der Waals surface area contributed by atoms with Gasteiger partial charge in [0.25, 0.3) is 5.91 Å². The third-order valence-electron chi connectivity index (χ3n) is 3.17. The Balaban J connectivity index is 1.94. The summed E-state index contributed by atoms with van der Waals surface area (Å²) in [6.07, 6.45) is -0.149. The van der Waals surface area contributed by atoms with E-state index < -0.39 is 6.10 Å². The van der Waals surface area contributed by atoms with E-state index in [-0.39, 0.29) is 11.9 Å². The summed E-state index contributed by atoms with van der Waals surface area (Å²) in [5.41, 5.74) is 1.64. The summed E-state index contributed by atoms with van der Waals surface area (Å²) in [5.74, 6) is 0.568. The number of hydrogen-bond donors (Lipinski definition) is 1. The van der Waals surface area contributed by atoms with Gasteiger partial charge in [-0.2, -0.15) is 0 Å². The van der Waals surface area contributed by atoms with Crippen molar-refractivity contribution in [2.75, 3.05) is 20.8 Å². The second-order valence-electron chi connectivity index (χ2n) is 4.93. The summed E-state index contributed by atoms with van der Waals surface area (Å²) < 4.78 is 10.2. The third-order valence-corrected chi connectivity index (χ3v) is 3.17. The Bertz CT molecular complexity index is 530. The second kappa shape index (κ2) is 7.08. The first kappa shape index (κ1) is 15.3. The van der Waals surface area contributed by atoms with E-state index in [0.29, 0.717) is 13.0 Å². The molecule has 1 aromatic carbocycles. The van der Waals surface area contributed by atoms with Crippen molar-refractivity contribution in [2.45, 2.75) is 25.5 Å². The average molecular weight is 292 g/mol. The Morgan fingerprint density at radius 1 is 1.52 bits per heavy atom. The largest absolute Gasteiger partial charge is 0.497 e. The summed E-state index contributed by atoms with van der Waals surface area (Å²) in [7, 11) is 3.21. The summed E-state index contributed by atoms with van der Waals surface area (Å²) in [6, 6.07) is 7.46. The second-order valence-corrected chi connectivity index (χ2v) is 4.93. The molecule has 1 amide bonds. The molecule has 0 spiro atoms. The van der Waals surface area contributed by atoms with Crippen LogP contribution in [-0.4, -0.2) is 44.6 Å². The zero-order valence-corrected chi connectivity index (χ0v) is 12.5. The molecule has 1 aromatic rings. The highest BCUT2D eigenvalue weighted by Gasteiger charge is 2.29. The Kier molecular flexibility index (Phi) is 5.16. The maximum absolute atomic E-state index is 12.0. The van der Waals surface area contributed by atoms with E-state index >= 15 is 0 Å². The van der Waals surface area contributed by atoms with Crippen molar-refractivity contribution in [3.05, 3.63) is 29.8 Å². The number of carbonyl (C=O) groups is 1. The number of rotatable bonds is 6. The fraction of sp³-hybridized carbons (Fsp3) is 0.467. The minimum Gasteiger partial charge on any atom is -0.497 e. The summed E-state index contributed by atoms with van der Waals surface area (Å²) >= 11 is 0. The van der Waals surface area contributed by atoms with E-state index in [2.05, 4.69) is 10.5 Å². The number of hydrogen-bond acceptors (Lipinski definition) is 5. The molecule has 0 aromatic heterocycles. The minimum absolute atomic E-state index is 0.0630. The molecule has 1 heterocycles. The van der Waals surface area contributed by atoms with E-state index in [0.717, 1.165) is 17.0 Å². The predicted octanol–water partition coefficient (Wildman–Crippen LogP) is 1.34. The van der Waals surface area contributed by atoms with E-state index in [1.165, 1.54) is 0 Å². The number of amides is 1. The van der Waals surface area contributed by atoms with Gasteiger partial charge in [-0.15, -0.1) is 0 Å². The molecule has 2 rings (SSSR count). The molecule has 0 saturated heterocycles. The Morgan fingerprint density at radius 3 is 3.05 bits per heavy atom. The summed E-state index contributed by atoms with van der Waals surface area (Å²) in [4.78, 5) is 17.3. The fourth-order valence-corrected chi connectivity index (χ4v) is 2.12. The van der Waals surface area contributed by atoms with Crippen LogP contribution < -0.4 is 10.1 Å². The van der Waals surface area contributed by atoms with Gasteiger partial charge in [-0.1, -0.05) is 17.3 Å². The van der Waals surface area contributed by atoms with Gasteiger partial charge in [0.1, 0.15) is 5.75 Å². The van der Waals surface area contributed by atoms with E-state index in [1.54, 1.807) is 14.2 Å². The van der Waals surface area contributed by atoms with Crippen LogP contribution in [0.2, 0.25) is 0 Å². The molecule has 6 heteroatoms. The molecule has 0 saturated carbocycles. The van der Waals surface area contributed by atoms with Gasteiger partial charge in [0.2, 0.25) is 6.10 Å². The van der Waals surface area contributed by atoms with Crippen molar-refractivity contribution >= 4 is 11.6 Å². The number of nitrogens with one attached hydrogen (secondary N) is 1. The molecular weight excluding hydrogens is 272 g/mol. The number of methoxy groups -OCH3 is 2. The third kappa shape index (κ3) is 3.95. The molecule has 1 aliphatic rings. The Morgan fingerprint density at radius 2 is 2.33 bits per heavy atom. The highest BCUT2D eigenvalue weighted by atomic mass is 16.6. The van der Waals surface area contributed by atoms with Crippen LogP contribution in [0.15, 0.2) is 29.4 Å². The van der Waals surface area contributed by atoms with Crippen LogP contribution in [0, 0.1) is 0 Å². The van der Waals surface area contributed by atoms with Gasteiger partial charge in [0, 0.05) is 25.1 Å². The van der Waals surface area contributed by atoms with Gasteiger partial charge < -0.3 is 19.6 Å². The first-order valence-corrected chi connectivity index (χ1v) is 6.80. The molecule has 1 N–H and O–H groups in total. The van der Waals surface area contributed by atoms with Crippen molar-refractivity contribution < 1.29 is 19.1 Å². The van der Waals surface area contributed by atoms with Gasteiger partial charge >= 0.3 is 0 Å². The Hall–Kier alpha value is -2.08. The van der Waals surface area contributed by atoms with Crippen molar-refractivity contribution in [1.29, 1.82) is 0 Å². The topological polar surface area (TPSA) is 69.2 Å². The monoisotopic (exact) mass is 292 g/mol. The van der Waals surface area contributed by atoms with E-state index in [1.807, 2.05) is 31.2 Å². The summed E-state index contributed by atoms with van der Waals surface area (Å²) in [6.45, 7) is 2.34. The van der Waals surface area contributed by atoms with E-state index in [9.17, 15) is 4.79 Å². The van der Waals surface area contributed by atoms with Crippen LogP contribution in [0.4, 0.5) is 0 Å². The Labute approximate surface area is 124 Å². The highest BCUT2D eigenvalue weighted by Crippen LogP contribution is 2.20. The molecule has 6 nitrogen and oxygen atoms in total. The normalized spacial score (nSPS) is 18.6. The summed E-state index contributed by atoms with van der Waals surface area (Å²) in [5, 5.41) is 6.84. The fourth-order valence-electron chi connectivity index (χ4n) is 2.12. The molecule has 0 aliphatic carbocycles. The first-order valence-electron chi connectivity index (χ1n) is 6.80. The molecule has 0 bridgehead atoms. The number of benzene rings is 1. The number of ether oxygens (including phenoxy) is 2. The maximum Gasteiger partial charge on any atom is 0.264 e. The van der Waals surface area contributed by atoms with Gasteiger partial charge in [-0.25, -0.2) is 0 Å². The van der Waals surface area contributed by atoms with Crippen molar-refractivity contribution in [1.82, 2.24) is 5.32 Å². The van der Waals surface area contributed by atoms with Crippen LogP contribution in [0.25, 0.3) is 0 Å². The zero-order valence-electron chi connectivity index (χ0n) is 12.5. The molecule has 2 atom stereocenters. The lowest BCUT2D eigenvalue weighted by Gasteiger charge is -2.15. The number of nitrogens with zero attached hydrogens (tertiary/aromatic N) is 1. The number of carbonyl (C=O) groups excluding carboxylic acids is 1. The molecule has 0 radical (unpaired) electrons. The highest BCUT2D eigenvalue weighted by molar-refractivity contribution is 6.04. The van der Waals surface area contributed by atoms with Gasteiger partial charge in [0.15, 0.2) is 0 Å². The molecule has 1 aliphatic heterocycles. The maximum atomic E-state index is 12.0. The van der Waals surface area contributed by atoms with Crippen LogP contribution in [0.3, 0.4) is 0 Å². The van der Waals surface area contributed by atoms with Gasteiger partial charge in [-0.05, 0) is 19.1 Å². The first-order chi connectivity index (χ1) is 10.1. The van der Waals surface area contributed by atoms with Crippen LogP contribution >= 0.6 is 0 Å². The lowest BCUT2D eigenvalue weighted by Crippen LogP contribution is -2.42. The lowest BCUT2D eigenvalue weighted by molar-refractivity contribution is -0.132. The average Bonchev–Trinajstić information content (AvgIpc) is 2.97. The smallest absolute Gasteiger partial charge is 0.264 e. The van der Waals surface area contributed by atoms with Gasteiger partial charge in [-0.3, -0.25) is 4.79 Å². The van der Waals surface area contributed by atoms with Crippen LogP contribution in [0.5, 0.6) is 5.75 Å². The van der Waals surface area contributed by atoms with Crippen LogP contribution in [-0.2, 0) is 14.4 Å². The van der Waals surface area contributed by atoms with Crippen molar-refractivity contribution in [2.24, 2.45) is 5.16 Å². The quantitative estimate of drug-likeness (QED) is 0.859. The lowest BCUT2D eigenvalue weighted by atomic mass is 10.0. The minimum atomic E-state index is -0.592. The number of oxime groups is 1. The molecular formula is C15H20N2O4. The predicted molar refractivity (Wildman–Crippen MR) is 78.5 cm³/mol. The van der Waals surface area contributed by atoms with Gasteiger partial charge in [0.05, 0.1) is 19.4 Å². The molecule has 114 valence electrons. The van der Waals surface area contributed by atoms with Crippen LogP contribution in [0.1, 0.15) is 18.9 Å². The van der Waals surface area contributed by atoms with Crippen molar-refractivity contribution in [3.8, 4) is 5.75 Å². The zero-order chi connectivity index (χ0) is 15.2. The molecule has 0 unspecified atom stereocenters. The van der Waals surface area contributed by atoms with Crippen molar-refractivity contribution in [3.63, 3.8) is 0 Å². The SMILES string of the molecule is COC[C@@H](C)NC(=O)[C@H]1CC(c2cccc(OC)c2)=NO1.